The van der Waals surface area contributed by atoms with Crippen LogP contribution in [0.15, 0.2) is 35.9 Å². The van der Waals surface area contributed by atoms with Gasteiger partial charge in [0.25, 0.3) is 0 Å². The van der Waals surface area contributed by atoms with Crippen molar-refractivity contribution >= 4 is 23.1 Å². The summed E-state index contributed by atoms with van der Waals surface area (Å²) in [4.78, 5) is 0. The van der Waals surface area contributed by atoms with E-state index in [2.05, 4.69) is 84.9 Å². The van der Waals surface area contributed by atoms with E-state index in [0.717, 1.165) is 12.8 Å². The second-order valence-corrected chi connectivity index (χ2v) is 18.5. The Morgan fingerprint density at radius 1 is 0.900 bits per heavy atom. The molecule has 3 rings (SSSR count). The van der Waals surface area contributed by atoms with E-state index < -0.39 is 19.4 Å². The van der Waals surface area contributed by atoms with Crippen LogP contribution in [0.1, 0.15) is 98.2 Å². The molecule has 0 radical (unpaired) electrons. The molecule has 0 aromatic heterocycles. The molecule has 0 aliphatic heterocycles. The Balaban J connectivity index is 2.29. The van der Waals surface area contributed by atoms with Gasteiger partial charge in [0.2, 0.25) is 0 Å². The van der Waals surface area contributed by atoms with Crippen LogP contribution in [0.25, 0.3) is 17.2 Å². The summed E-state index contributed by atoms with van der Waals surface area (Å²) in [5, 5.41) is 0. The summed E-state index contributed by atoms with van der Waals surface area (Å²) in [6.45, 7) is 16.0. The summed E-state index contributed by atoms with van der Waals surface area (Å²) < 4.78 is 0.288. The zero-order chi connectivity index (χ0) is 22.2. The molecule has 161 valence electrons. The zero-order valence-electron chi connectivity index (χ0n) is 19.4. The van der Waals surface area contributed by atoms with Gasteiger partial charge in [-0.15, -0.1) is 0 Å². The summed E-state index contributed by atoms with van der Waals surface area (Å²) in [5.74, 6) is 1.62. The molecule has 0 heterocycles. The van der Waals surface area contributed by atoms with Crippen molar-refractivity contribution in [3.63, 3.8) is 0 Å². The van der Waals surface area contributed by atoms with E-state index >= 15 is 0 Å². The Morgan fingerprint density at radius 3 is 1.97 bits per heavy atom. The van der Waals surface area contributed by atoms with Crippen LogP contribution in [0.2, 0.25) is 0 Å². The number of hydrogen-bond acceptors (Lipinski definition) is 0. The first-order chi connectivity index (χ1) is 14.1. The first-order valence-corrected chi connectivity index (χ1v) is 19.1. The summed E-state index contributed by atoms with van der Waals surface area (Å²) in [5.41, 5.74) is 11.2. The molecule has 0 saturated heterocycles. The standard InChI is InChI=1S/C27H35.2ClH.Zr/c1-8-21-9-10-22-12-20(11-17(2)3)13-26(22)27(21)25-15-23(18(4)5)14-24(16-25)19(6)7;;;/h9-10,12-19H,8,11H2,1-7H3;2*1H;/q;;;+2/p-2. The fraction of sp³-hybridized carbons (Fsp3) is 0.481. The van der Waals surface area contributed by atoms with Gasteiger partial charge in [0.05, 0.1) is 0 Å². The average Bonchev–Trinajstić information content (AvgIpc) is 3.03. The van der Waals surface area contributed by atoms with Crippen molar-refractivity contribution in [3.8, 4) is 11.1 Å². The van der Waals surface area contributed by atoms with Crippen molar-refractivity contribution in [2.24, 2.45) is 5.92 Å². The number of benzene rings is 2. The molecule has 0 N–H and O–H groups in total. The van der Waals surface area contributed by atoms with Gasteiger partial charge in [0.15, 0.2) is 0 Å². The maximum atomic E-state index is 6.72. The monoisotopic (exact) mass is 519 g/mol. The number of halogens is 2. The minimum atomic E-state index is -2.50. The molecule has 1 unspecified atom stereocenters. The van der Waals surface area contributed by atoms with E-state index in [1.165, 1.54) is 44.5 Å². The molecule has 0 spiro atoms. The number of allylic oxidation sites excluding steroid dienone is 1. The Labute approximate surface area is 198 Å². The first kappa shape index (κ1) is 24.3. The van der Waals surface area contributed by atoms with E-state index in [9.17, 15) is 0 Å². The van der Waals surface area contributed by atoms with Gasteiger partial charge in [0, 0.05) is 0 Å². The molecular formula is C27H35Cl2Zr. The third-order valence-electron chi connectivity index (χ3n) is 6.22. The van der Waals surface area contributed by atoms with E-state index in [4.69, 9.17) is 17.0 Å². The molecule has 1 aliphatic rings. The van der Waals surface area contributed by atoms with Gasteiger partial charge in [-0.3, -0.25) is 0 Å². The summed E-state index contributed by atoms with van der Waals surface area (Å²) in [6.07, 6.45) is 4.54. The van der Waals surface area contributed by atoms with E-state index in [-0.39, 0.29) is 3.63 Å². The van der Waals surface area contributed by atoms with Gasteiger partial charge >= 0.3 is 200 Å². The average molecular weight is 522 g/mol. The maximum absolute atomic E-state index is 6.72. The topological polar surface area (TPSA) is 0 Å². The fourth-order valence-electron chi connectivity index (χ4n) is 4.59. The predicted octanol–water partition coefficient (Wildman–Crippen LogP) is 9.57. The van der Waals surface area contributed by atoms with Crippen LogP contribution < -0.4 is 0 Å². The molecule has 3 heteroatoms. The number of fused-ring (bicyclic) bond motifs is 1. The second-order valence-electron chi connectivity index (χ2n) is 9.69. The van der Waals surface area contributed by atoms with Gasteiger partial charge in [-0.05, 0) is 0 Å². The summed E-state index contributed by atoms with van der Waals surface area (Å²) in [7, 11) is 13.4. The van der Waals surface area contributed by atoms with Crippen molar-refractivity contribution in [2.45, 2.75) is 76.8 Å². The van der Waals surface area contributed by atoms with Crippen LogP contribution in [0.4, 0.5) is 0 Å². The normalized spacial score (nSPS) is 15.9. The Kier molecular flexibility index (Phi) is 8.15. The molecule has 2 aromatic carbocycles. The zero-order valence-corrected chi connectivity index (χ0v) is 23.4. The molecule has 0 bridgehead atoms. The van der Waals surface area contributed by atoms with Crippen LogP contribution in [0, 0.1) is 5.92 Å². The Bertz CT molecular complexity index is 912. The van der Waals surface area contributed by atoms with Gasteiger partial charge in [-0.1, -0.05) is 0 Å². The quantitative estimate of drug-likeness (QED) is 0.340. The second kappa shape index (κ2) is 10.1. The summed E-state index contributed by atoms with van der Waals surface area (Å²) >= 11 is -2.50. The van der Waals surface area contributed by atoms with E-state index in [0.29, 0.717) is 17.8 Å². The third-order valence-corrected chi connectivity index (χ3v) is 11.6. The number of hydrogen-bond donors (Lipinski definition) is 0. The van der Waals surface area contributed by atoms with Gasteiger partial charge in [-0.25, -0.2) is 0 Å². The molecule has 0 nitrogen and oxygen atoms in total. The van der Waals surface area contributed by atoms with E-state index in [1.807, 2.05) is 0 Å². The van der Waals surface area contributed by atoms with Crippen LogP contribution in [-0.4, -0.2) is 0 Å². The van der Waals surface area contributed by atoms with Gasteiger partial charge < -0.3 is 0 Å². The van der Waals surface area contributed by atoms with Crippen molar-refractivity contribution < 1.29 is 19.4 Å². The predicted molar refractivity (Wildman–Crippen MR) is 131 cm³/mol. The third kappa shape index (κ3) is 5.00. The van der Waals surface area contributed by atoms with Crippen LogP contribution >= 0.6 is 17.0 Å². The van der Waals surface area contributed by atoms with Gasteiger partial charge in [0.1, 0.15) is 0 Å². The molecule has 0 saturated carbocycles. The SMILES string of the molecule is CCc1ccc2c(c1-c1cc(C(C)C)cc(C(C)C)c1)C=C(CC(C)C)[CH]2[Zr]([Cl])[Cl]. The van der Waals surface area contributed by atoms with Crippen LogP contribution in [0.3, 0.4) is 0 Å². The minimum absolute atomic E-state index is 0.288. The molecule has 1 atom stereocenters. The van der Waals surface area contributed by atoms with Crippen molar-refractivity contribution in [1.82, 2.24) is 0 Å². The molecule has 30 heavy (non-hydrogen) atoms. The summed E-state index contributed by atoms with van der Waals surface area (Å²) in [6, 6.07) is 11.8. The molecule has 0 amide bonds. The fourth-order valence-corrected chi connectivity index (χ4v) is 10.0. The number of rotatable bonds is 7. The molecular weight excluding hydrogens is 486 g/mol. The molecule has 1 aliphatic carbocycles. The number of aryl methyl sites for hydroxylation is 1. The Morgan fingerprint density at radius 2 is 1.50 bits per heavy atom. The first-order valence-electron chi connectivity index (χ1n) is 11.3. The van der Waals surface area contributed by atoms with Crippen molar-refractivity contribution in [1.29, 1.82) is 0 Å². The Hall–Kier alpha value is -0.357. The van der Waals surface area contributed by atoms with Crippen LogP contribution in [-0.2, 0) is 25.8 Å². The van der Waals surface area contributed by atoms with Gasteiger partial charge in [-0.2, -0.15) is 0 Å². The van der Waals surface area contributed by atoms with E-state index in [1.54, 1.807) is 0 Å². The van der Waals surface area contributed by atoms with Crippen molar-refractivity contribution in [2.75, 3.05) is 0 Å². The van der Waals surface area contributed by atoms with Crippen LogP contribution in [0.5, 0.6) is 0 Å². The van der Waals surface area contributed by atoms with Crippen molar-refractivity contribution in [3.05, 3.63) is 63.7 Å². The molecule has 2 aromatic rings. The molecule has 0 fully saturated rings.